The van der Waals surface area contributed by atoms with Crippen molar-refractivity contribution >= 4 is 48.7 Å². The van der Waals surface area contributed by atoms with Gasteiger partial charge in [0.1, 0.15) is 16.9 Å². The van der Waals surface area contributed by atoms with E-state index in [1.54, 1.807) is 62.7 Å². The van der Waals surface area contributed by atoms with E-state index in [0.717, 1.165) is 30.0 Å². The summed E-state index contributed by atoms with van der Waals surface area (Å²) in [6.07, 6.45) is 6.58. The second-order valence-electron chi connectivity index (χ2n) is 10.6. The Morgan fingerprint density at radius 1 is 1.07 bits per heavy atom. The number of pyridine rings is 2. The third-order valence-corrected chi connectivity index (χ3v) is 10.3. The number of hydrogen-bond acceptors (Lipinski definition) is 10. The van der Waals surface area contributed by atoms with Crippen LogP contribution in [-0.4, -0.2) is 59.8 Å². The molecule has 1 atom stereocenters. The fourth-order valence-corrected chi connectivity index (χ4v) is 7.59. The largest absolute Gasteiger partial charge is 0.481 e. The van der Waals surface area contributed by atoms with Gasteiger partial charge in [0.25, 0.3) is 0 Å². The van der Waals surface area contributed by atoms with E-state index < -0.39 is 28.5 Å². The van der Waals surface area contributed by atoms with E-state index in [0.29, 0.717) is 45.0 Å². The number of thiazole rings is 1. The second-order valence-corrected chi connectivity index (χ2v) is 13.5. The van der Waals surface area contributed by atoms with E-state index >= 15 is 0 Å². The number of anilines is 1. The molecule has 0 bridgehead atoms. The fraction of sp³-hybridized carbons (Fsp3) is 0.387. The summed E-state index contributed by atoms with van der Waals surface area (Å²) in [5.41, 5.74) is 1.86. The van der Waals surface area contributed by atoms with Gasteiger partial charge in [0.2, 0.25) is 21.8 Å². The lowest BCUT2D eigenvalue weighted by molar-refractivity contribution is -0.143. The van der Waals surface area contributed by atoms with Crippen molar-refractivity contribution in [1.82, 2.24) is 19.3 Å². The van der Waals surface area contributed by atoms with E-state index in [4.69, 9.17) is 9.47 Å². The summed E-state index contributed by atoms with van der Waals surface area (Å²) in [4.78, 5) is 39.8. The molecule has 1 unspecified atom stereocenters. The van der Waals surface area contributed by atoms with Crippen LogP contribution in [0.3, 0.4) is 0 Å². The summed E-state index contributed by atoms with van der Waals surface area (Å²) in [6, 6.07) is 15.0. The van der Waals surface area contributed by atoms with Crippen molar-refractivity contribution in [2.75, 3.05) is 25.6 Å². The molecule has 3 aromatic heterocycles. The number of nitrogens with one attached hydrogen (secondary N) is 1. The summed E-state index contributed by atoms with van der Waals surface area (Å²) in [7, 11) is -2.56. The van der Waals surface area contributed by atoms with Crippen molar-refractivity contribution in [3.63, 3.8) is 0 Å². The fourth-order valence-electron chi connectivity index (χ4n) is 5.40. The number of methoxy groups -OCH3 is 1. The second kappa shape index (κ2) is 14.2. The highest BCUT2D eigenvalue weighted by Crippen LogP contribution is 2.36. The first-order valence-electron chi connectivity index (χ1n) is 14.5. The maximum Gasteiger partial charge on any atom is 0.321 e. The first-order valence-corrected chi connectivity index (χ1v) is 16.8. The molecule has 1 fully saturated rings. The molecule has 13 heteroatoms. The van der Waals surface area contributed by atoms with Crippen LogP contribution in [0.2, 0.25) is 0 Å². The zero-order chi connectivity index (χ0) is 31.1. The van der Waals surface area contributed by atoms with Crippen LogP contribution in [0.25, 0.3) is 10.3 Å². The monoisotopic (exact) mass is 637 g/mol. The van der Waals surface area contributed by atoms with Gasteiger partial charge >= 0.3 is 5.97 Å². The Morgan fingerprint density at radius 3 is 2.52 bits per heavy atom. The van der Waals surface area contributed by atoms with Gasteiger partial charge in [-0.25, -0.2) is 18.4 Å². The molecule has 0 spiro atoms. The zero-order valence-corrected chi connectivity index (χ0v) is 26.3. The number of aromatic nitrogens is 3. The number of benzene rings is 1. The number of sulfonamides is 1. The number of esters is 1. The molecule has 1 amide bonds. The summed E-state index contributed by atoms with van der Waals surface area (Å²) in [6.45, 7) is 1.25. The Kier molecular flexibility index (Phi) is 10.2. The van der Waals surface area contributed by atoms with E-state index in [9.17, 15) is 18.0 Å². The molecule has 1 aliphatic carbocycles. The van der Waals surface area contributed by atoms with Crippen LogP contribution < -0.4 is 10.1 Å². The molecular formula is C31H35N5O6S2. The molecule has 5 rings (SSSR count). The predicted molar refractivity (Wildman–Crippen MR) is 167 cm³/mol. The standard InChI is InChI=1S/C31H35N5O6S2/c1-3-42-28(37)20-36(19-23-10-6-7-17-32-23)44(39,40)24-13-11-22(12-14-24)25(18-21-8-4-5-9-21)29(38)35-31-33-26-15-16-27(41-2)34-30(26)43-31/h6-7,10-17,21,25H,3-5,8-9,18-20H2,1-2H3,(H,33,35,38). The Labute approximate surface area is 260 Å². The van der Waals surface area contributed by atoms with E-state index in [2.05, 4.69) is 20.3 Å². The molecule has 3 heterocycles. The summed E-state index contributed by atoms with van der Waals surface area (Å²) < 4.78 is 38.8. The van der Waals surface area contributed by atoms with E-state index in [1.165, 1.54) is 23.5 Å². The molecular weight excluding hydrogens is 603 g/mol. The van der Waals surface area contributed by atoms with Crippen molar-refractivity contribution in [3.05, 3.63) is 72.1 Å². The van der Waals surface area contributed by atoms with Gasteiger partial charge in [-0.2, -0.15) is 4.31 Å². The average Bonchev–Trinajstić information content (AvgIpc) is 3.69. The molecule has 0 saturated heterocycles. The van der Waals surface area contributed by atoms with Gasteiger partial charge in [-0.05, 0) is 55.2 Å². The highest BCUT2D eigenvalue weighted by molar-refractivity contribution is 7.89. The number of amides is 1. The summed E-state index contributed by atoms with van der Waals surface area (Å²) >= 11 is 1.27. The first-order chi connectivity index (χ1) is 21.3. The lowest BCUT2D eigenvalue weighted by Gasteiger charge is -2.22. The van der Waals surface area contributed by atoms with Crippen LogP contribution in [0.5, 0.6) is 5.88 Å². The van der Waals surface area contributed by atoms with Crippen LogP contribution in [0.1, 0.15) is 56.2 Å². The van der Waals surface area contributed by atoms with Crippen molar-refractivity contribution in [1.29, 1.82) is 0 Å². The third kappa shape index (κ3) is 7.58. The number of rotatable bonds is 13. The molecule has 1 saturated carbocycles. The number of ether oxygens (including phenoxy) is 2. The van der Waals surface area contributed by atoms with Gasteiger partial charge in [0, 0.05) is 12.3 Å². The summed E-state index contributed by atoms with van der Waals surface area (Å²) in [5.74, 6) is -0.505. The number of carbonyl (C=O) groups is 2. The SMILES string of the molecule is CCOC(=O)CN(Cc1ccccn1)S(=O)(=O)c1ccc(C(CC2CCCC2)C(=O)Nc2nc3ccc(OC)nc3s2)cc1. The Hall–Kier alpha value is -3.94. The van der Waals surface area contributed by atoms with Crippen LogP contribution in [0.15, 0.2) is 65.7 Å². The summed E-state index contributed by atoms with van der Waals surface area (Å²) in [5, 5.41) is 3.40. The van der Waals surface area contributed by atoms with E-state index in [-0.39, 0.29) is 24.0 Å². The average molecular weight is 638 g/mol. The maximum absolute atomic E-state index is 13.7. The quantitative estimate of drug-likeness (QED) is 0.197. The minimum atomic E-state index is -4.10. The van der Waals surface area contributed by atoms with Gasteiger partial charge in [0.05, 0.1) is 36.8 Å². The predicted octanol–water partition coefficient (Wildman–Crippen LogP) is 5.15. The highest BCUT2D eigenvalue weighted by atomic mass is 32.2. The van der Waals surface area contributed by atoms with Gasteiger partial charge in [0.15, 0.2) is 5.13 Å². The molecule has 44 heavy (non-hydrogen) atoms. The third-order valence-electron chi connectivity index (χ3n) is 7.63. The lowest BCUT2D eigenvalue weighted by Crippen LogP contribution is -2.36. The van der Waals surface area contributed by atoms with E-state index in [1.807, 2.05) is 0 Å². The Bertz CT molecular complexity index is 1690. The van der Waals surface area contributed by atoms with Gasteiger partial charge in [-0.1, -0.05) is 55.2 Å². The van der Waals surface area contributed by atoms with Crippen molar-refractivity contribution < 1.29 is 27.5 Å². The Balaban J connectivity index is 1.39. The van der Waals surface area contributed by atoms with Crippen LogP contribution in [0.4, 0.5) is 5.13 Å². The van der Waals surface area contributed by atoms with Gasteiger partial charge in [-0.15, -0.1) is 0 Å². The zero-order valence-electron chi connectivity index (χ0n) is 24.6. The molecule has 0 aliphatic heterocycles. The van der Waals surface area contributed by atoms with Crippen LogP contribution >= 0.6 is 11.3 Å². The lowest BCUT2D eigenvalue weighted by atomic mass is 9.87. The molecule has 1 N–H and O–H groups in total. The minimum absolute atomic E-state index is 0.00713. The smallest absolute Gasteiger partial charge is 0.321 e. The first kappa shape index (κ1) is 31.5. The number of fused-ring (bicyclic) bond motifs is 1. The number of hydrogen-bond donors (Lipinski definition) is 1. The highest BCUT2D eigenvalue weighted by Gasteiger charge is 2.30. The van der Waals surface area contributed by atoms with Crippen molar-refractivity contribution in [2.45, 2.75) is 56.4 Å². The molecule has 0 radical (unpaired) electrons. The Morgan fingerprint density at radius 2 is 1.84 bits per heavy atom. The van der Waals surface area contributed by atoms with Crippen molar-refractivity contribution in [3.8, 4) is 5.88 Å². The number of nitrogens with zero attached hydrogens (tertiary/aromatic N) is 4. The molecule has 1 aromatic carbocycles. The molecule has 4 aromatic rings. The maximum atomic E-state index is 13.7. The number of carbonyl (C=O) groups excluding carboxylic acids is 2. The molecule has 1 aliphatic rings. The van der Waals surface area contributed by atoms with Gasteiger partial charge in [-0.3, -0.25) is 14.6 Å². The minimum Gasteiger partial charge on any atom is -0.481 e. The van der Waals surface area contributed by atoms with Crippen LogP contribution in [-0.2, 0) is 30.9 Å². The normalized spacial score (nSPS) is 14.5. The van der Waals surface area contributed by atoms with Crippen molar-refractivity contribution in [2.24, 2.45) is 5.92 Å². The topological polar surface area (TPSA) is 141 Å². The van der Waals surface area contributed by atoms with Gasteiger partial charge < -0.3 is 14.8 Å². The molecule has 232 valence electrons. The van der Waals surface area contributed by atoms with Crippen LogP contribution in [0, 0.1) is 5.92 Å². The molecule has 11 nitrogen and oxygen atoms in total.